The highest BCUT2D eigenvalue weighted by Gasteiger charge is 2.23. The Bertz CT molecular complexity index is 1280. The van der Waals surface area contributed by atoms with Crippen molar-refractivity contribution in [3.63, 3.8) is 0 Å². The van der Waals surface area contributed by atoms with Crippen molar-refractivity contribution < 1.29 is 13.2 Å². The number of anilines is 1. The number of sulfone groups is 1. The summed E-state index contributed by atoms with van der Waals surface area (Å²) in [5, 5.41) is 4.57. The van der Waals surface area contributed by atoms with Crippen LogP contribution < -0.4 is 10.5 Å². The largest absolute Gasteiger partial charge is 0.496 e. The number of benzene rings is 2. The lowest BCUT2D eigenvalue weighted by Crippen LogP contribution is -2.06. The minimum Gasteiger partial charge on any atom is -0.496 e. The second-order valence-corrected chi connectivity index (χ2v) is 8.07. The molecule has 0 saturated heterocycles. The maximum atomic E-state index is 12.2. The zero-order valence-electron chi connectivity index (χ0n) is 15.2. The first-order valence-electron chi connectivity index (χ1n) is 8.35. The van der Waals surface area contributed by atoms with Gasteiger partial charge in [-0.1, -0.05) is 30.3 Å². The zero-order chi connectivity index (χ0) is 19.9. The Hall–Kier alpha value is -3.46. The highest BCUT2D eigenvalue weighted by molar-refractivity contribution is 7.90. The van der Waals surface area contributed by atoms with Crippen LogP contribution >= 0.6 is 0 Å². The van der Waals surface area contributed by atoms with E-state index < -0.39 is 9.84 Å². The fourth-order valence-corrected chi connectivity index (χ4v) is 3.47. The number of nitrogens with two attached hydrogens (primary N) is 1. The Morgan fingerprint density at radius 2 is 1.68 bits per heavy atom. The van der Waals surface area contributed by atoms with Crippen LogP contribution in [0.2, 0.25) is 0 Å². The lowest BCUT2D eigenvalue weighted by Gasteiger charge is -2.10. The summed E-state index contributed by atoms with van der Waals surface area (Å²) in [6.07, 6.45) is 1.05. The Balaban J connectivity index is 2.11. The first-order valence-corrected chi connectivity index (χ1v) is 10.2. The van der Waals surface area contributed by atoms with Gasteiger partial charge in [0.15, 0.2) is 5.65 Å². The molecule has 4 aromatic rings. The smallest absolute Gasteiger partial charge is 0.249 e. The summed E-state index contributed by atoms with van der Waals surface area (Å²) in [5.74, 6) is 0.843. The summed E-state index contributed by atoms with van der Waals surface area (Å²) in [5.41, 5.74) is 8.26. The van der Waals surface area contributed by atoms with Crippen molar-refractivity contribution in [2.45, 2.75) is 5.16 Å². The van der Waals surface area contributed by atoms with Gasteiger partial charge in [-0.3, -0.25) is 0 Å². The number of fused-ring (bicyclic) bond motifs is 1. The average molecular weight is 395 g/mol. The van der Waals surface area contributed by atoms with E-state index in [4.69, 9.17) is 10.5 Å². The Labute approximate surface area is 161 Å². The molecule has 0 fully saturated rings. The van der Waals surface area contributed by atoms with Crippen molar-refractivity contribution in [3.8, 4) is 22.7 Å². The number of para-hydroxylation sites is 2. The minimum absolute atomic E-state index is 0.192. The molecule has 0 unspecified atom stereocenters. The summed E-state index contributed by atoms with van der Waals surface area (Å²) in [7, 11) is -2.13. The normalized spacial score (nSPS) is 11.6. The third kappa shape index (κ3) is 2.95. The Morgan fingerprint density at radius 1 is 1.00 bits per heavy atom. The summed E-state index contributed by atoms with van der Waals surface area (Å²) in [4.78, 5) is 8.45. The van der Waals surface area contributed by atoms with Crippen LogP contribution in [0.3, 0.4) is 0 Å². The Kier molecular flexibility index (Phi) is 4.23. The fraction of sp³-hybridized carbons (Fsp3) is 0.105. The van der Waals surface area contributed by atoms with E-state index >= 15 is 0 Å². The molecule has 0 spiro atoms. The van der Waals surface area contributed by atoms with Crippen LogP contribution in [0.1, 0.15) is 0 Å². The molecule has 2 heterocycles. The van der Waals surface area contributed by atoms with Gasteiger partial charge in [0.1, 0.15) is 11.6 Å². The molecular formula is C19H17N5O3S. The summed E-state index contributed by atoms with van der Waals surface area (Å²) in [6.45, 7) is 0. The van der Waals surface area contributed by atoms with Crippen LogP contribution in [0.4, 0.5) is 5.82 Å². The molecule has 0 bridgehead atoms. The summed E-state index contributed by atoms with van der Waals surface area (Å²) < 4.78 is 31.3. The van der Waals surface area contributed by atoms with Crippen molar-refractivity contribution >= 4 is 26.7 Å². The number of ether oxygens (including phenoxy) is 1. The van der Waals surface area contributed by atoms with Gasteiger partial charge in [0, 0.05) is 11.8 Å². The van der Waals surface area contributed by atoms with Crippen molar-refractivity contribution in [1.82, 2.24) is 19.7 Å². The predicted molar refractivity (Wildman–Crippen MR) is 106 cm³/mol. The van der Waals surface area contributed by atoms with Gasteiger partial charge < -0.3 is 10.5 Å². The van der Waals surface area contributed by atoms with Gasteiger partial charge in [0.05, 0.1) is 23.9 Å². The summed E-state index contributed by atoms with van der Waals surface area (Å²) in [6, 6.07) is 16.5. The molecule has 0 atom stereocenters. The van der Waals surface area contributed by atoms with E-state index in [1.54, 1.807) is 12.1 Å². The third-order valence-corrected chi connectivity index (χ3v) is 5.09. The van der Waals surface area contributed by atoms with Crippen LogP contribution in [0, 0.1) is 0 Å². The molecule has 0 radical (unpaired) electrons. The van der Waals surface area contributed by atoms with Crippen molar-refractivity contribution in [1.29, 1.82) is 0 Å². The van der Waals surface area contributed by atoms with E-state index in [9.17, 15) is 8.42 Å². The number of hydrogen-bond acceptors (Lipinski definition) is 7. The maximum Gasteiger partial charge on any atom is 0.249 e. The van der Waals surface area contributed by atoms with E-state index in [1.807, 2.05) is 42.5 Å². The van der Waals surface area contributed by atoms with Crippen LogP contribution in [0.5, 0.6) is 5.75 Å². The molecule has 0 aliphatic heterocycles. The zero-order valence-corrected chi connectivity index (χ0v) is 16.0. The van der Waals surface area contributed by atoms with Crippen LogP contribution in [-0.4, -0.2) is 41.5 Å². The molecule has 28 heavy (non-hydrogen) atoms. The molecule has 0 saturated carbocycles. The second kappa shape index (κ2) is 6.61. The standard InChI is InChI=1S/C19H17N5O3S/c1-27-14-11-7-6-10-13(14)16-15-17(20)24(12-8-4-3-5-9-12)23-18(15)22-19(21-16)28(2,25)26/h3-11H,20H2,1-2H3. The fourth-order valence-electron chi connectivity index (χ4n) is 2.96. The average Bonchev–Trinajstić information content (AvgIpc) is 3.04. The van der Waals surface area contributed by atoms with E-state index in [0.29, 0.717) is 28.2 Å². The third-order valence-electron chi connectivity index (χ3n) is 4.24. The summed E-state index contributed by atoms with van der Waals surface area (Å²) >= 11 is 0. The lowest BCUT2D eigenvalue weighted by molar-refractivity contribution is 0.416. The van der Waals surface area contributed by atoms with Crippen molar-refractivity contribution in [3.05, 3.63) is 54.6 Å². The highest BCUT2D eigenvalue weighted by atomic mass is 32.2. The number of rotatable bonds is 4. The number of aromatic nitrogens is 4. The molecule has 8 nitrogen and oxygen atoms in total. The molecule has 0 aliphatic carbocycles. The van der Waals surface area contributed by atoms with Crippen molar-refractivity contribution in [2.24, 2.45) is 0 Å². The molecule has 0 aliphatic rings. The van der Waals surface area contributed by atoms with Gasteiger partial charge >= 0.3 is 0 Å². The monoisotopic (exact) mass is 395 g/mol. The van der Waals surface area contributed by atoms with Gasteiger partial charge in [0.25, 0.3) is 0 Å². The number of nitrogens with zero attached hydrogens (tertiary/aromatic N) is 4. The molecule has 9 heteroatoms. The van der Waals surface area contributed by atoms with E-state index in [2.05, 4.69) is 15.1 Å². The van der Waals surface area contributed by atoms with Gasteiger partial charge in [-0.15, -0.1) is 5.10 Å². The van der Waals surface area contributed by atoms with Crippen LogP contribution in [-0.2, 0) is 9.84 Å². The van der Waals surface area contributed by atoms with E-state index in [-0.39, 0.29) is 10.8 Å². The molecule has 2 aromatic carbocycles. The van der Waals surface area contributed by atoms with E-state index in [0.717, 1.165) is 11.9 Å². The first kappa shape index (κ1) is 17.9. The molecule has 4 rings (SSSR count). The quantitative estimate of drug-likeness (QED) is 0.528. The SMILES string of the molecule is COc1ccccc1-c1nc(S(C)(=O)=O)nc2nn(-c3ccccc3)c(N)c12. The van der Waals surface area contributed by atoms with Gasteiger partial charge in [-0.05, 0) is 24.3 Å². The maximum absolute atomic E-state index is 12.2. The van der Waals surface area contributed by atoms with Gasteiger partial charge in [-0.2, -0.15) is 4.98 Å². The van der Waals surface area contributed by atoms with E-state index in [1.165, 1.54) is 11.8 Å². The molecule has 2 aromatic heterocycles. The topological polar surface area (TPSA) is 113 Å². The number of methoxy groups -OCH3 is 1. The molecule has 142 valence electrons. The predicted octanol–water partition coefficient (Wildman–Crippen LogP) is 2.48. The Morgan fingerprint density at radius 3 is 2.36 bits per heavy atom. The number of hydrogen-bond donors (Lipinski definition) is 1. The van der Waals surface area contributed by atoms with Gasteiger partial charge in [0.2, 0.25) is 15.0 Å². The first-order chi connectivity index (χ1) is 13.4. The highest BCUT2D eigenvalue weighted by Crippen LogP contribution is 2.36. The van der Waals surface area contributed by atoms with Crippen molar-refractivity contribution in [2.75, 3.05) is 19.1 Å². The molecular weight excluding hydrogens is 378 g/mol. The van der Waals surface area contributed by atoms with Crippen LogP contribution in [0.15, 0.2) is 59.8 Å². The molecule has 0 amide bonds. The minimum atomic E-state index is -3.67. The van der Waals surface area contributed by atoms with Crippen LogP contribution in [0.25, 0.3) is 28.0 Å². The lowest BCUT2D eigenvalue weighted by atomic mass is 10.1. The van der Waals surface area contributed by atoms with Gasteiger partial charge in [-0.25, -0.2) is 18.1 Å². The number of nitrogen functional groups attached to an aromatic ring is 1. The molecule has 2 N–H and O–H groups in total. The second-order valence-electron chi connectivity index (χ2n) is 6.16.